The van der Waals surface area contributed by atoms with E-state index in [-0.39, 0.29) is 5.92 Å². The van der Waals surface area contributed by atoms with E-state index < -0.39 is 16.1 Å². The molecule has 0 aliphatic heterocycles. The van der Waals surface area contributed by atoms with Crippen LogP contribution < -0.4 is 5.32 Å². The van der Waals surface area contributed by atoms with Crippen LogP contribution in [0.1, 0.15) is 47.3 Å². The van der Waals surface area contributed by atoms with Gasteiger partial charge in [0.05, 0.1) is 21.7 Å². The van der Waals surface area contributed by atoms with Gasteiger partial charge in [-0.2, -0.15) is 0 Å². The minimum absolute atomic E-state index is 0.238. The average Bonchev–Trinajstić information content (AvgIpc) is 2.82. The smallest absolute Gasteiger partial charge is 0.206 e. The molecule has 4 rings (SSSR count). The number of anilines is 1. The van der Waals surface area contributed by atoms with Crippen LogP contribution in [0.25, 0.3) is 0 Å². The summed E-state index contributed by atoms with van der Waals surface area (Å²) in [6, 6.07) is 14.3. The minimum atomic E-state index is -3.55. The molecule has 0 radical (unpaired) electrons. The van der Waals surface area contributed by atoms with Gasteiger partial charge in [0.15, 0.2) is 6.29 Å². The number of benzene rings is 2. The van der Waals surface area contributed by atoms with E-state index in [0.29, 0.717) is 21.9 Å². The average molecular weight is 453 g/mol. The summed E-state index contributed by atoms with van der Waals surface area (Å²) in [6.45, 7) is 2.55. The summed E-state index contributed by atoms with van der Waals surface area (Å²) in [5, 5.41) is 13.5. The molecule has 2 N–H and O–H groups in total. The van der Waals surface area contributed by atoms with Gasteiger partial charge < -0.3 is 15.2 Å². The Bertz CT molecular complexity index is 1210. The van der Waals surface area contributed by atoms with Crippen LogP contribution in [-0.4, -0.2) is 32.2 Å². The van der Waals surface area contributed by atoms with Crippen LogP contribution in [0.2, 0.25) is 0 Å². The predicted octanol–water partition coefficient (Wildman–Crippen LogP) is 4.39. The number of nitrogens with one attached hydrogen (secondary N) is 1. The molecule has 0 saturated heterocycles. The van der Waals surface area contributed by atoms with Gasteiger partial charge in [-0.15, -0.1) is 0 Å². The number of pyridine rings is 1. The van der Waals surface area contributed by atoms with Crippen molar-refractivity contribution in [3.05, 3.63) is 83.2 Å². The zero-order chi connectivity index (χ0) is 22.7. The third-order valence-electron chi connectivity index (χ3n) is 6.05. The zero-order valence-electron chi connectivity index (χ0n) is 18.3. The first-order valence-electron chi connectivity index (χ1n) is 10.7. The molecule has 6 nitrogen and oxygen atoms in total. The van der Waals surface area contributed by atoms with Crippen LogP contribution in [0.4, 0.5) is 5.69 Å². The second-order valence-corrected chi connectivity index (χ2v) is 10.2. The minimum Gasteiger partial charge on any atom is -0.383 e. The van der Waals surface area contributed by atoms with E-state index >= 15 is 0 Å². The van der Waals surface area contributed by atoms with Crippen molar-refractivity contribution >= 4 is 15.5 Å². The number of sulfone groups is 1. The molecule has 0 spiro atoms. The van der Waals surface area contributed by atoms with Crippen molar-refractivity contribution in [2.45, 2.75) is 48.2 Å². The molecular formula is C25H28N2O4S. The molecule has 32 heavy (non-hydrogen) atoms. The number of aryl methyl sites for hydroxylation is 2. The summed E-state index contributed by atoms with van der Waals surface area (Å²) >= 11 is 0. The normalized spacial score (nSPS) is 16.9. The van der Waals surface area contributed by atoms with Crippen LogP contribution >= 0.6 is 0 Å². The number of aliphatic hydroxyl groups excluding tert-OH is 1. The van der Waals surface area contributed by atoms with Crippen LogP contribution in [-0.2, 0) is 21.0 Å². The second-order valence-electron chi connectivity index (χ2n) is 8.20. The van der Waals surface area contributed by atoms with E-state index in [2.05, 4.69) is 10.3 Å². The van der Waals surface area contributed by atoms with E-state index in [1.165, 1.54) is 12.7 Å². The van der Waals surface area contributed by atoms with Gasteiger partial charge in [0, 0.05) is 31.3 Å². The Hall–Kier alpha value is -2.74. The lowest BCUT2D eigenvalue weighted by atomic mass is 9.83. The molecule has 1 aliphatic rings. The first kappa shape index (κ1) is 22.5. The van der Waals surface area contributed by atoms with Crippen LogP contribution in [0.3, 0.4) is 0 Å². The molecule has 3 aromatic rings. The van der Waals surface area contributed by atoms with E-state index in [4.69, 9.17) is 4.74 Å². The Morgan fingerprint density at radius 3 is 2.78 bits per heavy atom. The molecule has 2 aromatic carbocycles. The lowest BCUT2D eigenvalue weighted by Gasteiger charge is -2.27. The zero-order valence-corrected chi connectivity index (χ0v) is 19.1. The van der Waals surface area contributed by atoms with Crippen molar-refractivity contribution in [2.75, 3.05) is 19.0 Å². The fourth-order valence-electron chi connectivity index (χ4n) is 4.32. The standard InChI is InChI=1S/C25H28N2O4S/c1-17-5-3-8-20(13-17)32(29,30)21-9-10-22-18(14-21)6-4-7-19(22)15-27-24-16-26-12-11-23(24)25(28)31-2/h3,5,8-14,16,19,25,27-28H,4,6-7,15H2,1-2H3/t19-,25?/m0/s1. The maximum atomic E-state index is 13.1. The summed E-state index contributed by atoms with van der Waals surface area (Å²) in [7, 11) is -2.10. The van der Waals surface area contributed by atoms with E-state index in [9.17, 15) is 13.5 Å². The topological polar surface area (TPSA) is 88.5 Å². The predicted molar refractivity (Wildman–Crippen MR) is 123 cm³/mol. The SMILES string of the molecule is COC(O)c1ccncc1NC[C@@H]1CCCc2cc(S(=O)(=O)c3cccc(C)c3)ccc21. The number of ether oxygens (including phenoxy) is 1. The van der Waals surface area contributed by atoms with Gasteiger partial charge in [0.25, 0.3) is 0 Å². The van der Waals surface area contributed by atoms with Crippen molar-refractivity contribution in [3.8, 4) is 0 Å². The summed E-state index contributed by atoms with van der Waals surface area (Å²) < 4.78 is 31.3. The van der Waals surface area contributed by atoms with Crippen LogP contribution in [0, 0.1) is 6.92 Å². The van der Waals surface area contributed by atoms with Crippen molar-refractivity contribution < 1.29 is 18.3 Å². The second kappa shape index (κ2) is 9.40. The summed E-state index contributed by atoms with van der Waals surface area (Å²) in [5.74, 6) is 0.238. The first-order valence-corrected chi connectivity index (χ1v) is 12.2. The van der Waals surface area contributed by atoms with Gasteiger partial charge in [-0.05, 0) is 73.2 Å². The molecule has 0 saturated carbocycles. The molecule has 2 atom stereocenters. The van der Waals surface area contributed by atoms with Gasteiger partial charge in [-0.25, -0.2) is 8.42 Å². The number of aromatic nitrogens is 1. The Morgan fingerprint density at radius 1 is 1.19 bits per heavy atom. The fourth-order valence-corrected chi connectivity index (χ4v) is 5.73. The Labute approximate surface area is 189 Å². The number of aliphatic hydroxyl groups is 1. The van der Waals surface area contributed by atoms with Crippen molar-refractivity contribution in [1.29, 1.82) is 0 Å². The highest BCUT2D eigenvalue weighted by atomic mass is 32.2. The van der Waals surface area contributed by atoms with Gasteiger partial charge in [-0.3, -0.25) is 4.98 Å². The van der Waals surface area contributed by atoms with Gasteiger partial charge >= 0.3 is 0 Å². The third kappa shape index (κ3) is 4.55. The Balaban J connectivity index is 1.57. The van der Waals surface area contributed by atoms with Crippen molar-refractivity contribution in [3.63, 3.8) is 0 Å². The molecule has 1 unspecified atom stereocenters. The largest absolute Gasteiger partial charge is 0.383 e. The highest BCUT2D eigenvalue weighted by molar-refractivity contribution is 7.91. The van der Waals surface area contributed by atoms with Gasteiger partial charge in [0.2, 0.25) is 9.84 Å². The number of methoxy groups -OCH3 is 1. The maximum absolute atomic E-state index is 13.1. The molecule has 168 valence electrons. The summed E-state index contributed by atoms with van der Waals surface area (Å²) in [5.41, 5.74) is 4.54. The number of nitrogens with zero attached hydrogens (tertiary/aromatic N) is 1. The van der Waals surface area contributed by atoms with E-state index in [1.54, 1.807) is 42.7 Å². The summed E-state index contributed by atoms with van der Waals surface area (Å²) in [4.78, 5) is 4.81. The molecule has 0 fully saturated rings. The van der Waals surface area contributed by atoms with E-state index in [1.807, 2.05) is 25.1 Å². The van der Waals surface area contributed by atoms with Crippen LogP contribution in [0.15, 0.2) is 70.7 Å². The number of hydrogen-bond acceptors (Lipinski definition) is 6. The van der Waals surface area contributed by atoms with Crippen molar-refractivity contribution in [2.24, 2.45) is 0 Å². The van der Waals surface area contributed by atoms with E-state index in [0.717, 1.165) is 36.1 Å². The lowest BCUT2D eigenvalue weighted by molar-refractivity contribution is -0.0764. The Kier molecular flexibility index (Phi) is 6.60. The number of rotatable bonds is 7. The van der Waals surface area contributed by atoms with Crippen molar-refractivity contribution in [1.82, 2.24) is 4.98 Å². The molecule has 1 heterocycles. The maximum Gasteiger partial charge on any atom is 0.206 e. The van der Waals surface area contributed by atoms with Gasteiger partial charge in [0.1, 0.15) is 0 Å². The van der Waals surface area contributed by atoms with Gasteiger partial charge in [-0.1, -0.05) is 18.2 Å². The lowest BCUT2D eigenvalue weighted by Crippen LogP contribution is -2.19. The molecular weight excluding hydrogens is 424 g/mol. The highest BCUT2D eigenvalue weighted by Crippen LogP contribution is 2.35. The number of hydrogen-bond donors (Lipinski definition) is 2. The first-order chi connectivity index (χ1) is 15.4. The Morgan fingerprint density at radius 2 is 2.00 bits per heavy atom. The molecule has 1 aliphatic carbocycles. The molecule has 7 heteroatoms. The third-order valence-corrected chi connectivity index (χ3v) is 7.80. The summed E-state index contributed by atoms with van der Waals surface area (Å²) in [6.07, 6.45) is 5.14. The highest BCUT2D eigenvalue weighted by Gasteiger charge is 2.24. The molecule has 0 amide bonds. The van der Waals surface area contributed by atoms with Crippen LogP contribution in [0.5, 0.6) is 0 Å². The monoisotopic (exact) mass is 452 g/mol. The quantitative estimate of drug-likeness (QED) is 0.517. The molecule has 1 aromatic heterocycles. The fraction of sp³-hybridized carbons (Fsp3) is 0.320. The molecule has 0 bridgehead atoms. The number of fused-ring (bicyclic) bond motifs is 1.